The van der Waals surface area contributed by atoms with Crippen molar-refractivity contribution in [3.63, 3.8) is 0 Å². The minimum atomic E-state index is -0.0988. The van der Waals surface area contributed by atoms with Gasteiger partial charge in [0.25, 0.3) is 0 Å². The number of nitrogens with one attached hydrogen (secondary N) is 2. The van der Waals surface area contributed by atoms with Gasteiger partial charge in [-0.05, 0) is 17.7 Å². The number of ether oxygens (including phenoxy) is 3. The highest BCUT2D eigenvalue weighted by Gasteiger charge is 2.22. The Morgan fingerprint density at radius 1 is 1.08 bits per heavy atom. The molecule has 2 N–H and O–H groups in total. The fraction of sp³-hybridized carbons (Fsp3) is 0.588. The van der Waals surface area contributed by atoms with Crippen LogP contribution in [0.15, 0.2) is 23.2 Å². The van der Waals surface area contributed by atoms with Gasteiger partial charge in [0.1, 0.15) is 0 Å². The maximum Gasteiger partial charge on any atom is 0.191 e. The van der Waals surface area contributed by atoms with E-state index in [2.05, 4.69) is 35.5 Å². The zero-order chi connectivity index (χ0) is 17.3. The van der Waals surface area contributed by atoms with E-state index in [4.69, 9.17) is 14.2 Å². The van der Waals surface area contributed by atoms with Gasteiger partial charge in [-0.1, -0.05) is 19.9 Å². The molecule has 1 aromatic rings. The monoisotopic (exact) mass is 451 g/mol. The molecule has 0 fully saturated rings. The molecule has 0 heterocycles. The van der Waals surface area contributed by atoms with Crippen LogP contribution in [-0.2, 0) is 10.2 Å². The quantitative estimate of drug-likeness (QED) is 0.275. The molecule has 0 aliphatic carbocycles. The molecule has 0 aromatic heterocycles. The van der Waals surface area contributed by atoms with Crippen LogP contribution in [0.25, 0.3) is 0 Å². The second-order valence-electron chi connectivity index (χ2n) is 5.80. The van der Waals surface area contributed by atoms with E-state index in [-0.39, 0.29) is 29.4 Å². The lowest BCUT2D eigenvalue weighted by Crippen LogP contribution is -2.44. The van der Waals surface area contributed by atoms with Gasteiger partial charge in [0.15, 0.2) is 17.5 Å². The Hall–Kier alpha value is -1.22. The number of hydrogen-bond acceptors (Lipinski definition) is 4. The van der Waals surface area contributed by atoms with Crippen molar-refractivity contribution in [3.05, 3.63) is 23.8 Å². The van der Waals surface area contributed by atoms with Crippen LogP contribution in [0.5, 0.6) is 11.5 Å². The number of benzene rings is 1. The average molecular weight is 451 g/mol. The van der Waals surface area contributed by atoms with Crippen LogP contribution >= 0.6 is 24.0 Å². The van der Waals surface area contributed by atoms with Gasteiger partial charge < -0.3 is 24.8 Å². The first-order valence-corrected chi connectivity index (χ1v) is 7.64. The lowest BCUT2D eigenvalue weighted by atomic mass is 9.84. The van der Waals surface area contributed by atoms with Crippen molar-refractivity contribution in [3.8, 4) is 11.5 Å². The minimum Gasteiger partial charge on any atom is -0.493 e. The molecule has 0 aliphatic heterocycles. The number of nitrogens with zero attached hydrogens (tertiary/aromatic N) is 1. The zero-order valence-corrected chi connectivity index (χ0v) is 17.8. The highest BCUT2D eigenvalue weighted by atomic mass is 127. The number of hydrogen-bond donors (Lipinski definition) is 2. The smallest absolute Gasteiger partial charge is 0.191 e. The van der Waals surface area contributed by atoms with Crippen molar-refractivity contribution in [1.82, 2.24) is 10.6 Å². The Labute approximate surface area is 162 Å². The van der Waals surface area contributed by atoms with E-state index in [1.807, 2.05) is 12.1 Å². The SMILES string of the molecule is CN=C(NCCOC)NCC(C)(C)c1ccc(OC)c(OC)c1.I. The molecule has 7 heteroatoms. The van der Waals surface area contributed by atoms with Gasteiger partial charge in [-0.2, -0.15) is 0 Å². The van der Waals surface area contributed by atoms with Crippen molar-refractivity contribution < 1.29 is 14.2 Å². The second kappa shape index (κ2) is 11.4. The molecule has 0 bridgehead atoms. The predicted molar refractivity (Wildman–Crippen MR) is 109 cm³/mol. The second-order valence-corrected chi connectivity index (χ2v) is 5.80. The molecular formula is C17H30IN3O3. The van der Waals surface area contributed by atoms with Crippen molar-refractivity contribution >= 4 is 29.9 Å². The third kappa shape index (κ3) is 6.72. The predicted octanol–water partition coefficient (Wildman–Crippen LogP) is 2.41. The van der Waals surface area contributed by atoms with Gasteiger partial charge in [-0.15, -0.1) is 24.0 Å². The number of rotatable bonds is 8. The van der Waals surface area contributed by atoms with E-state index in [9.17, 15) is 0 Å². The molecule has 0 aliphatic rings. The summed E-state index contributed by atoms with van der Waals surface area (Å²) in [6.07, 6.45) is 0. The van der Waals surface area contributed by atoms with Gasteiger partial charge in [-0.3, -0.25) is 4.99 Å². The van der Waals surface area contributed by atoms with Gasteiger partial charge in [-0.25, -0.2) is 0 Å². The van der Waals surface area contributed by atoms with Crippen LogP contribution < -0.4 is 20.1 Å². The Morgan fingerprint density at radius 3 is 2.29 bits per heavy atom. The molecule has 1 rings (SSSR count). The minimum absolute atomic E-state index is 0. The van der Waals surface area contributed by atoms with E-state index in [1.54, 1.807) is 28.4 Å². The highest BCUT2D eigenvalue weighted by molar-refractivity contribution is 14.0. The molecule has 0 spiro atoms. The molecule has 6 nitrogen and oxygen atoms in total. The lowest BCUT2D eigenvalue weighted by molar-refractivity contribution is 0.203. The van der Waals surface area contributed by atoms with Crippen LogP contribution in [-0.4, -0.2) is 54.0 Å². The summed E-state index contributed by atoms with van der Waals surface area (Å²) in [6, 6.07) is 6.01. The van der Waals surface area contributed by atoms with Crippen molar-refractivity contribution in [2.75, 3.05) is 48.1 Å². The first-order valence-electron chi connectivity index (χ1n) is 7.64. The van der Waals surface area contributed by atoms with Gasteiger partial charge in [0.2, 0.25) is 0 Å². The fourth-order valence-electron chi connectivity index (χ4n) is 2.16. The molecule has 0 unspecified atom stereocenters. The molecule has 0 radical (unpaired) electrons. The Bertz CT molecular complexity index is 522. The van der Waals surface area contributed by atoms with Crippen molar-refractivity contribution in [2.24, 2.45) is 4.99 Å². The summed E-state index contributed by atoms with van der Waals surface area (Å²) in [7, 11) is 6.72. The standard InChI is InChI=1S/C17H29N3O3.HI/c1-17(2,12-20-16(18-3)19-9-10-21-4)13-7-8-14(22-5)15(11-13)23-6;/h7-8,11H,9-10,12H2,1-6H3,(H2,18,19,20);1H. The molecule has 0 amide bonds. The highest BCUT2D eigenvalue weighted by Crippen LogP contribution is 2.32. The number of aliphatic imine (C=N–C) groups is 1. The summed E-state index contributed by atoms with van der Waals surface area (Å²) in [6.45, 7) is 6.43. The van der Waals surface area contributed by atoms with E-state index in [0.29, 0.717) is 13.2 Å². The van der Waals surface area contributed by atoms with Crippen LogP contribution in [0.2, 0.25) is 0 Å². The summed E-state index contributed by atoms with van der Waals surface area (Å²) >= 11 is 0. The first kappa shape index (κ1) is 22.8. The number of methoxy groups -OCH3 is 3. The maximum absolute atomic E-state index is 5.39. The fourth-order valence-corrected chi connectivity index (χ4v) is 2.16. The lowest BCUT2D eigenvalue weighted by Gasteiger charge is -2.27. The summed E-state index contributed by atoms with van der Waals surface area (Å²) in [5.74, 6) is 2.23. The Morgan fingerprint density at radius 2 is 1.75 bits per heavy atom. The summed E-state index contributed by atoms with van der Waals surface area (Å²) in [4.78, 5) is 4.21. The van der Waals surface area contributed by atoms with Crippen LogP contribution in [0.4, 0.5) is 0 Å². The number of halogens is 1. The van der Waals surface area contributed by atoms with Gasteiger partial charge >= 0.3 is 0 Å². The molecule has 24 heavy (non-hydrogen) atoms. The third-order valence-corrected chi connectivity index (χ3v) is 3.69. The average Bonchev–Trinajstić information content (AvgIpc) is 2.57. The normalized spacial score (nSPS) is 11.5. The van der Waals surface area contributed by atoms with Crippen LogP contribution in [0.1, 0.15) is 19.4 Å². The molecule has 0 atom stereocenters. The van der Waals surface area contributed by atoms with E-state index in [0.717, 1.165) is 29.6 Å². The first-order chi connectivity index (χ1) is 11.0. The topological polar surface area (TPSA) is 64.1 Å². The van der Waals surface area contributed by atoms with Crippen LogP contribution in [0.3, 0.4) is 0 Å². The van der Waals surface area contributed by atoms with Crippen LogP contribution in [0, 0.1) is 0 Å². The molecular weight excluding hydrogens is 421 g/mol. The summed E-state index contributed by atoms with van der Waals surface area (Å²) < 4.78 is 15.7. The third-order valence-electron chi connectivity index (χ3n) is 3.69. The Kier molecular flexibility index (Phi) is 10.8. The van der Waals surface area contributed by atoms with Gasteiger partial charge in [0.05, 0.1) is 20.8 Å². The largest absolute Gasteiger partial charge is 0.493 e. The zero-order valence-electron chi connectivity index (χ0n) is 15.4. The molecule has 0 saturated heterocycles. The van der Waals surface area contributed by atoms with E-state index in [1.165, 1.54) is 0 Å². The molecule has 0 saturated carbocycles. The molecule has 1 aromatic carbocycles. The summed E-state index contributed by atoms with van der Waals surface area (Å²) in [5.41, 5.74) is 1.06. The summed E-state index contributed by atoms with van der Waals surface area (Å²) in [5, 5.41) is 6.55. The van der Waals surface area contributed by atoms with E-state index < -0.39 is 0 Å². The maximum atomic E-state index is 5.39. The van der Waals surface area contributed by atoms with Crippen molar-refractivity contribution in [2.45, 2.75) is 19.3 Å². The number of guanidine groups is 1. The van der Waals surface area contributed by atoms with E-state index >= 15 is 0 Å². The van der Waals surface area contributed by atoms with Gasteiger partial charge in [0, 0.05) is 32.7 Å². The Balaban J connectivity index is 0.00000529. The molecule has 138 valence electrons. The van der Waals surface area contributed by atoms with Crippen molar-refractivity contribution in [1.29, 1.82) is 0 Å².